The third-order valence-electron chi connectivity index (χ3n) is 9.99. The Kier molecular flexibility index (Phi) is 6.56. The van der Waals surface area contributed by atoms with Crippen LogP contribution >= 0.6 is 0 Å². The van der Waals surface area contributed by atoms with E-state index in [0.29, 0.717) is 17.6 Å². The van der Waals surface area contributed by atoms with Gasteiger partial charge in [-0.15, -0.1) is 0 Å². The summed E-state index contributed by atoms with van der Waals surface area (Å²) < 4.78 is 2.39. The smallest absolute Gasteiger partial charge is 0.234 e. The van der Waals surface area contributed by atoms with Crippen molar-refractivity contribution in [3.05, 3.63) is 182 Å². The van der Waals surface area contributed by atoms with E-state index < -0.39 is 0 Å². The number of aromatic nitrogens is 4. The van der Waals surface area contributed by atoms with Crippen LogP contribution in [0.5, 0.6) is 0 Å². The van der Waals surface area contributed by atoms with Crippen LogP contribution in [0.3, 0.4) is 0 Å². The molecule has 1 aliphatic heterocycles. The highest BCUT2D eigenvalue weighted by Gasteiger charge is 2.39. The van der Waals surface area contributed by atoms with Crippen molar-refractivity contribution in [3.63, 3.8) is 0 Å². The Hall–Kier alpha value is -6.59. The third kappa shape index (κ3) is 4.59. The molecule has 5 nitrogen and oxygen atoms in total. The summed E-state index contributed by atoms with van der Waals surface area (Å²) in [6.45, 7) is 0. The van der Waals surface area contributed by atoms with Crippen molar-refractivity contribution < 1.29 is 0 Å². The highest BCUT2D eigenvalue weighted by molar-refractivity contribution is 6.09. The van der Waals surface area contributed by atoms with Crippen molar-refractivity contribution in [3.8, 4) is 39.6 Å². The lowest BCUT2D eigenvalue weighted by Gasteiger charge is -2.27. The van der Waals surface area contributed by atoms with Crippen LogP contribution in [0.4, 0.5) is 11.6 Å². The predicted octanol–water partition coefficient (Wildman–Crippen LogP) is 10.7. The molecule has 8 aromatic rings. The highest BCUT2D eigenvalue weighted by atomic mass is 15.3. The number of para-hydroxylation sites is 2. The standard InChI is InChI=1S/C45H31N5/c1-3-13-30(14-4-1)31-23-25-33(26-24-31)44-46-43(32-15-5-2-6-16-32)47-45(48-44)50-41-22-12-9-19-37(41)38-29-34(27-28-42(38)50)49-39-20-10-7-17-35(39)36-18-8-11-21-40(36)49/h1-29,37,41H. The van der Waals surface area contributed by atoms with Crippen molar-refractivity contribution in [1.82, 2.24) is 19.5 Å². The van der Waals surface area contributed by atoms with E-state index in [4.69, 9.17) is 15.0 Å². The first kappa shape index (κ1) is 28.4. The molecule has 3 heterocycles. The monoisotopic (exact) mass is 641 g/mol. The van der Waals surface area contributed by atoms with Gasteiger partial charge in [0.2, 0.25) is 5.95 Å². The van der Waals surface area contributed by atoms with E-state index in [1.165, 1.54) is 32.9 Å². The molecule has 1 aliphatic carbocycles. The van der Waals surface area contributed by atoms with Crippen molar-refractivity contribution >= 4 is 33.4 Å². The Balaban J connectivity index is 1.13. The fourth-order valence-corrected chi connectivity index (χ4v) is 7.66. The number of allylic oxidation sites excluding steroid dienone is 2. The first-order valence-electron chi connectivity index (χ1n) is 17.0. The van der Waals surface area contributed by atoms with Crippen LogP contribution in [0.25, 0.3) is 61.4 Å². The number of nitrogens with zero attached hydrogens (tertiary/aromatic N) is 5. The molecule has 50 heavy (non-hydrogen) atoms. The summed E-state index contributed by atoms with van der Waals surface area (Å²) in [6, 6.07) is 53.3. The lowest BCUT2D eigenvalue weighted by molar-refractivity contribution is 0.728. The molecule has 6 aromatic carbocycles. The van der Waals surface area contributed by atoms with Gasteiger partial charge >= 0.3 is 0 Å². The van der Waals surface area contributed by atoms with Gasteiger partial charge in [0.1, 0.15) is 0 Å². The van der Waals surface area contributed by atoms with Gasteiger partial charge in [-0.05, 0) is 47.0 Å². The van der Waals surface area contributed by atoms with Crippen LogP contribution in [0.15, 0.2) is 176 Å². The summed E-state index contributed by atoms with van der Waals surface area (Å²) in [4.78, 5) is 17.7. The summed E-state index contributed by atoms with van der Waals surface area (Å²) >= 11 is 0. The summed E-state index contributed by atoms with van der Waals surface area (Å²) in [5, 5.41) is 2.51. The van der Waals surface area contributed by atoms with Crippen LogP contribution in [0.1, 0.15) is 11.5 Å². The van der Waals surface area contributed by atoms with Crippen LogP contribution in [-0.2, 0) is 0 Å². The summed E-state index contributed by atoms with van der Waals surface area (Å²) in [5.41, 5.74) is 10.1. The normalized spacial score (nSPS) is 16.2. The van der Waals surface area contributed by atoms with Gasteiger partial charge in [-0.1, -0.05) is 146 Å². The second-order valence-corrected chi connectivity index (χ2v) is 12.9. The molecular weight excluding hydrogens is 611 g/mol. The molecule has 236 valence electrons. The zero-order valence-corrected chi connectivity index (χ0v) is 27.1. The van der Waals surface area contributed by atoms with Gasteiger partial charge in [-0.3, -0.25) is 0 Å². The molecule has 2 aliphatic rings. The second-order valence-electron chi connectivity index (χ2n) is 12.9. The molecular formula is C45H31N5. The molecule has 0 saturated heterocycles. The first-order valence-corrected chi connectivity index (χ1v) is 17.0. The molecule has 5 heteroatoms. The lowest BCUT2D eigenvalue weighted by atomic mass is 9.91. The second kappa shape index (κ2) is 11.5. The van der Waals surface area contributed by atoms with Gasteiger partial charge in [-0.2, -0.15) is 9.97 Å². The maximum absolute atomic E-state index is 5.20. The Morgan fingerprint density at radius 2 is 1.00 bits per heavy atom. The molecule has 0 amide bonds. The van der Waals surface area contributed by atoms with Crippen LogP contribution in [0.2, 0.25) is 0 Å². The molecule has 0 saturated carbocycles. The van der Waals surface area contributed by atoms with E-state index in [1.54, 1.807) is 0 Å². The van der Waals surface area contributed by atoms with E-state index in [9.17, 15) is 0 Å². The van der Waals surface area contributed by atoms with Crippen LogP contribution < -0.4 is 4.90 Å². The largest absolute Gasteiger partial charge is 0.309 e. The molecule has 0 bridgehead atoms. The number of anilines is 2. The zero-order chi connectivity index (χ0) is 33.0. The molecule has 2 unspecified atom stereocenters. The van der Waals surface area contributed by atoms with E-state index in [2.05, 4.69) is 161 Å². The SMILES string of the molecule is C1=CC2c3cc(-n4c5ccccc5c5ccccc54)ccc3N(c3nc(-c4ccccc4)nc(-c4ccc(-c5ccccc5)cc4)n3)C2C=C1. The fraction of sp³-hybridized carbons (Fsp3) is 0.0444. The number of hydrogen-bond acceptors (Lipinski definition) is 4. The maximum Gasteiger partial charge on any atom is 0.234 e. The van der Waals surface area contributed by atoms with Gasteiger partial charge < -0.3 is 9.47 Å². The minimum atomic E-state index is 0.0303. The van der Waals surface area contributed by atoms with Crippen molar-refractivity contribution in [1.29, 1.82) is 0 Å². The van der Waals surface area contributed by atoms with Gasteiger partial charge in [-0.25, -0.2) is 4.98 Å². The van der Waals surface area contributed by atoms with E-state index in [-0.39, 0.29) is 12.0 Å². The number of hydrogen-bond donors (Lipinski definition) is 0. The van der Waals surface area contributed by atoms with Crippen molar-refractivity contribution in [2.24, 2.45) is 0 Å². The zero-order valence-electron chi connectivity index (χ0n) is 27.1. The molecule has 0 N–H and O–H groups in total. The van der Waals surface area contributed by atoms with E-state index in [0.717, 1.165) is 28.1 Å². The fourth-order valence-electron chi connectivity index (χ4n) is 7.66. The average Bonchev–Trinajstić information content (AvgIpc) is 3.71. The maximum atomic E-state index is 5.20. The first-order chi connectivity index (χ1) is 24.8. The Morgan fingerprint density at radius 1 is 0.460 bits per heavy atom. The Labute approximate surface area is 290 Å². The molecule has 0 fully saturated rings. The van der Waals surface area contributed by atoms with Crippen LogP contribution in [0, 0.1) is 0 Å². The summed E-state index contributed by atoms with van der Waals surface area (Å²) in [6.07, 6.45) is 8.87. The molecule has 0 spiro atoms. The van der Waals surface area contributed by atoms with Crippen molar-refractivity contribution in [2.75, 3.05) is 4.90 Å². The molecule has 0 radical (unpaired) electrons. The minimum Gasteiger partial charge on any atom is -0.309 e. The van der Waals surface area contributed by atoms with Crippen LogP contribution in [-0.4, -0.2) is 25.6 Å². The topological polar surface area (TPSA) is 46.8 Å². The van der Waals surface area contributed by atoms with E-state index >= 15 is 0 Å². The van der Waals surface area contributed by atoms with Gasteiger partial charge in [0, 0.05) is 39.2 Å². The number of benzene rings is 6. The minimum absolute atomic E-state index is 0.0303. The summed E-state index contributed by atoms with van der Waals surface area (Å²) in [7, 11) is 0. The molecule has 2 aromatic heterocycles. The van der Waals surface area contributed by atoms with E-state index in [1.807, 2.05) is 24.3 Å². The molecule has 2 atom stereocenters. The summed E-state index contributed by atoms with van der Waals surface area (Å²) in [5.74, 6) is 2.09. The van der Waals surface area contributed by atoms with Crippen molar-refractivity contribution in [2.45, 2.75) is 12.0 Å². The average molecular weight is 642 g/mol. The molecule has 10 rings (SSSR count). The number of rotatable bonds is 5. The Bertz CT molecular complexity index is 2550. The Morgan fingerprint density at radius 3 is 1.68 bits per heavy atom. The quantitative estimate of drug-likeness (QED) is 0.188. The van der Waals surface area contributed by atoms with Gasteiger partial charge in [0.05, 0.1) is 17.1 Å². The van der Waals surface area contributed by atoms with Gasteiger partial charge in [0.15, 0.2) is 11.6 Å². The number of fused-ring (bicyclic) bond motifs is 6. The van der Waals surface area contributed by atoms with Gasteiger partial charge in [0.25, 0.3) is 0 Å². The predicted molar refractivity (Wildman–Crippen MR) is 204 cm³/mol. The lowest BCUT2D eigenvalue weighted by Crippen LogP contribution is -2.30. The third-order valence-corrected chi connectivity index (χ3v) is 9.99. The highest BCUT2D eigenvalue weighted by Crippen LogP contribution is 2.48.